The number of halogens is 1. The van der Waals surface area contributed by atoms with Gasteiger partial charge in [-0.05, 0) is 44.4 Å². The average molecular weight is 278 g/mol. The van der Waals surface area contributed by atoms with Gasteiger partial charge in [0, 0.05) is 18.0 Å². The van der Waals surface area contributed by atoms with Gasteiger partial charge in [0.2, 0.25) is 5.91 Å². The lowest BCUT2D eigenvalue weighted by Crippen LogP contribution is -2.48. The molecule has 4 heteroatoms. The molecule has 0 aliphatic carbocycles. The largest absolute Gasteiger partial charge is 0.353 e. The zero-order chi connectivity index (χ0) is 14.5. The molecule has 1 amide bonds. The summed E-state index contributed by atoms with van der Waals surface area (Å²) in [4.78, 5) is 12.2. The second-order valence-corrected chi connectivity index (χ2v) is 5.78. The third-order valence-electron chi connectivity index (χ3n) is 3.90. The summed E-state index contributed by atoms with van der Waals surface area (Å²) in [6.45, 7) is 4.92. The second-order valence-electron chi connectivity index (χ2n) is 5.78. The molecule has 1 saturated heterocycles. The van der Waals surface area contributed by atoms with E-state index < -0.39 is 0 Å². The molecule has 1 aliphatic rings. The first kappa shape index (κ1) is 15.0. The molecule has 2 N–H and O–H groups in total. The SMILES string of the molecule is CC1CC(NC(=O)C(C)Cc2ccccc2F)CCN1. The van der Waals surface area contributed by atoms with Crippen molar-refractivity contribution < 1.29 is 9.18 Å². The van der Waals surface area contributed by atoms with Gasteiger partial charge in [-0.15, -0.1) is 0 Å². The van der Waals surface area contributed by atoms with Crippen molar-refractivity contribution in [2.24, 2.45) is 5.92 Å². The van der Waals surface area contributed by atoms with Crippen LogP contribution in [0.15, 0.2) is 24.3 Å². The van der Waals surface area contributed by atoms with E-state index in [1.54, 1.807) is 18.2 Å². The Morgan fingerprint density at radius 3 is 2.95 bits per heavy atom. The molecule has 110 valence electrons. The van der Waals surface area contributed by atoms with Crippen LogP contribution in [0.3, 0.4) is 0 Å². The highest BCUT2D eigenvalue weighted by atomic mass is 19.1. The lowest BCUT2D eigenvalue weighted by Gasteiger charge is -2.29. The minimum absolute atomic E-state index is 0.0207. The van der Waals surface area contributed by atoms with Gasteiger partial charge in [-0.2, -0.15) is 0 Å². The molecule has 0 spiro atoms. The highest BCUT2D eigenvalue weighted by molar-refractivity contribution is 5.78. The number of hydrogen-bond acceptors (Lipinski definition) is 2. The van der Waals surface area contributed by atoms with Crippen LogP contribution in [0.4, 0.5) is 4.39 Å². The maximum atomic E-state index is 13.6. The first-order valence-corrected chi connectivity index (χ1v) is 7.33. The predicted octanol–water partition coefficient (Wildman–Crippen LogP) is 2.26. The molecule has 1 heterocycles. The van der Waals surface area contributed by atoms with Gasteiger partial charge in [0.1, 0.15) is 5.82 Å². The summed E-state index contributed by atoms with van der Waals surface area (Å²) in [5.41, 5.74) is 0.605. The second kappa shape index (κ2) is 6.84. The van der Waals surface area contributed by atoms with E-state index in [1.807, 2.05) is 6.92 Å². The molecule has 2 rings (SSSR count). The number of carbonyl (C=O) groups is 1. The number of benzene rings is 1. The van der Waals surface area contributed by atoms with Crippen LogP contribution in [0.2, 0.25) is 0 Å². The molecule has 1 aromatic rings. The minimum Gasteiger partial charge on any atom is -0.353 e. The van der Waals surface area contributed by atoms with Gasteiger partial charge in [0.25, 0.3) is 0 Å². The monoisotopic (exact) mass is 278 g/mol. The van der Waals surface area contributed by atoms with E-state index in [4.69, 9.17) is 0 Å². The molecular weight excluding hydrogens is 255 g/mol. The van der Waals surface area contributed by atoms with Gasteiger partial charge in [0.05, 0.1) is 0 Å². The van der Waals surface area contributed by atoms with E-state index in [9.17, 15) is 9.18 Å². The Kier molecular flexibility index (Phi) is 5.12. The van der Waals surface area contributed by atoms with Crippen molar-refractivity contribution in [1.29, 1.82) is 0 Å². The van der Waals surface area contributed by atoms with Crippen molar-refractivity contribution in [3.63, 3.8) is 0 Å². The van der Waals surface area contributed by atoms with Crippen molar-refractivity contribution in [2.75, 3.05) is 6.54 Å². The van der Waals surface area contributed by atoms with Crippen LogP contribution in [-0.2, 0) is 11.2 Å². The van der Waals surface area contributed by atoms with E-state index in [-0.39, 0.29) is 23.7 Å². The third-order valence-corrected chi connectivity index (χ3v) is 3.90. The van der Waals surface area contributed by atoms with Gasteiger partial charge < -0.3 is 10.6 Å². The van der Waals surface area contributed by atoms with Gasteiger partial charge in [0.15, 0.2) is 0 Å². The molecule has 0 bridgehead atoms. The van der Waals surface area contributed by atoms with E-state index in [1.165, 1.54) is 6.07 Å². The number of amides is 1. The predicted molar refractivity (Wildman–Crippen MR) is 77.9 cm³/mol. The molecular formula is C16H23FN2O. The summed E-state index contributed by atoms with van der Waals surface area (Å²) in [5.74, 6) is -0.424. The maximum Gasteiger partial charge on any atom is 0.223 e. The number of piperidine rings is 1. The lowest BCUT2D eigenvalue weighted by molar-refractivity contribution is -0.125. The van der Waals surface area contributed by atoms with Crippen molar-refractivity contribution >= 4 is 5.91 Å². The summed E-state index contributed by atoms with van der Waals surface area (Å²) < 4.78 is 13.6. The fraction of sp³-hybridized carbons (Fsp3) is 0.562. The minimum atomic E-state index is -0.234. The van der Waals surface area contributed by atoms with Crippen LogP contribution >= 0.6 is 0 Å². The quantitative estimate of drug-likeness (QED) is 0.887. The Morgan fingerprint density at radius 2 is 2.25 bits per heavy atom. The topological polar surface area (TPSA) is 41.1 Å². The van der Waals surface area contributed by atoms with E-state index in [0.29, 0.717) is 18.0 Å². The molecule has 3 nitrogen and oxygen atoms in total. The molecule has 0 saturated carbocycles. The lowest BCUT2D eigenvalue weighted by atomic mass is 9.97. The van der Waals surface area contributed by atoms with Crippen LogP contribution in [0, 0.1) is 11.7 Å². The number of nitrogens with one attached hydrogen (secondary N) is 2. The first-order valence-electron chi connectivity index (χ1n) is 7.33. The smallest absolute Gasteiger partial charge is 0.223 e. The highest BCUT2D eigenvalue weighted by Gasteiger charge is 2.22. The van der Waals surface area contributed by atoms with Crippen molar-refractivity contribution in [3.8, 4) is 0 Å². The molecule has 1 aromatic carbocycles. The molecule has 0 radical (unpaired) electrons. The third kappa shape index (κ3) is 4.04. The fourth-order valence-corrected chi connectivity index (χ4v) is 2.69. The van der Waals surface area contributed by atoms with E-state index in [0.717, 1.165) is 19.4 Å². The van der Waals surface area contributed by atoms with Gasteiger partial charge in [-0.3, -0.25) is 4.79 Å². The summed E-state index contributed by atoms with van der Waals surface area (Å²) in [5, 5.41) is 6.45. The van der Waals surface area contributed by atoms with E-state index in [2.05, 4.69) is 17.6 Å². The summed E-state index contributed by atoms with van der Waals surface area (Å²) in [6, 6.07) is 7.33. The maximum absolute atomic E-state index is 13.6. The van der Waals surface area contributed by atoms with Crippen LogP contribution in [0.1, 0.15) is 32.3 Å². The molecule has 20 heavy (non-hydrogen) atoms. The Hall–Kier alpha value is -1.42. The Balaban J connectivity index is 1.87. The van der Waals surface area contributed by atoms with Crippen molar-refractivity contribution in [3.05, 3.63) is 35.6 Å². The molecule has 1 fully saturated rings. The number of carbonyl (C=O) groups excluding carboxylic acids is 1. The van der Waals surface area contributed by atoms with Gasteiger partial charge >= 0.3 is 0 Å². The van der Waals surface area contributed by atoms with Crippen LogP contribution in [0.25, 0.3) is 0 Å². The van der Waals surface area contributed by atoms with E-state index >= 15 is 0 Å². The Bertz CT molecular complexity index is 464. The molecule has 3 unspecified atom stereocenters. The zero-order valence-electron chi connectivity index (χ0n) is 12.2. The summed E-state index contributed by atoms with van der Waals surface area (Å²) >= 11 is 0. The molecule has 3 atom stereocenters. The number of hydrogen-bond donors (Lipinski definition) is 2. The standard InChI is InChI=1S/C16H23FN2O/c1-11(9-13-5-3-4-6-15(13)17)16(20)19-14-7-8-18-12(2)10-14/h3-6,11-12,14,18H,7-10H2,1-2H3,(H,19,20). The molecule has 1 aliphatic heterocycles. The van der Waals surface area contributed by atoms with Crippen LogP contribution < -0.4 is 10.6 Å². The van der Waals surface area contributed by atoms with Crippen LogP contribution in [-0.4, -0.2) is 24.5 Å². The zero-order valence-corrected chi connectivity index (χ0v) is 12.2. The Labute approximate surface area is 120 Å². The fourth-order valence-electron chi connectivity index (χ4n) is 2.69. The van der Waals surface area contributed by atoms with Gasteiger partial charge in [-0.1, -0.05) is 25.1 Å². The molecule has 0 aromatic heterocycles. The number of rotatable bonds is 4. The summed E-state index contributed by atoms with van der Waals surface area (Å²) in [7, 11) is 0. The first-order chi connectivity index (χ1) is 9.56. The Morgan fingerprint density at radius 1 is 1.50 bits per heavy atom. The highest BCUT2D eigenvalue weighted by Crippen LogP contribution is 2.14. The van der Waals surface area contributed by atoms with Crippen molar-refractivity contribution in [1.82, 2.24) is 10.6 Å². The summed E-state index contributed by atoms with van der Waals surface area (Å²) in [6.07, 6.45) is 2.36. The van der Waals surface area contributed by atoms with Crippen LogP contribution in [0.5, 0.6) is 0 Å². The average Bonchev–Trinajstić information content (AvgIpc) is 2.41. The van der Waals surface area contributed by atoms with Crippen molar-refractivity contribution in [2.45, 2.75) is 45.2 Å². The van der Waals surface area contributed by atoms with Gasteiger partial charge in [-0.25, -0.2) is 4.39 Å². The normalized spacial score (nSPS) is 24.1.